The highest BCUT2D eigenvalue weighted by Crippen LogP contribution is 2.39. The summed E-state index contributed by atoms with van der Waals surface area (Å²) in [6.45, 7) is 3.48. The highest BCUT2D eigenvalue weighted by Gasteiger charge is 2.43. The Labute approximate surface area is 238 Å². The first-order valence-corrected chi connectivity index (χ1v) is 15.2. The molecule has 1 aromatic carbocycles. The van der Waals surface area contributed by atoms with Crippen molar-refractivity contribution in [3.63, 3.8) is 0 Å². The predicted molar refractivity (Wildman–Crippen MR) is 154 cm³/mol. The molecule has 0 radical (unpaired) electrons. The van der Waals surface area contributed by atoms with Gasteiger partial charge in [0.2, 0.25) is 0 Å². The highest BCUT2D eigenvalue weighted by atomic mass is 35.5. The van der Waals surface area contributed by atoms with Gasteiger partial charge >= 0.3 is 0 Å². The van der Waals surface area contributed by atoms with Crippen molar-refractivity contribution in [2.24, 2.45) is 0 Å². The number of hydrogen-bond donors (Lipinski definition) is 2. The van der Waals surface area contributed by atoms with Gasteiger partial charge in [0.25, 0.3) is 11.8 Å². The first kappa shape index (κ1) is 27.4. The summed E-state index contributed by atoms with van der Waals surface area (Å²) in [5.74, 6) is 3.30. The molecule has 10 heteroatoms. The van der Waals surface area contributed by atoms with Crippen LogP contribution in [-0.4, -0.2) is 58.1 Å². The van der Waals surface area contributed by atoms with E-state index in [1.807, 2.05) is 23.9 Å². The van der Waals surface area contributed by atoms with Gasteiger partial charge in [0.05, 0.1) is 10.6 Å². The Balaban J connectivity index is 1.17. The molecule has 4 heterocycles. The Morgan fingerprint density at radius 1 is 1.00 bits per heavy atom. The third-order valence-electron chi connectivity index (χ3n) is 7.71. The molecule has 204 valence electrons. The van der Waals surface area contributed by atoms with Crippen LogP contribution in [0.5, 0.6) is 5.75 Å². The number of rotatable bonds is 7. The SMILES string of the molecule is CC(C)(Oc1ccc(Cl)cc1Cl)C(=O)NC1CC2CCC(C1)N2c1ccc(C(=O)NC2CCSCC2)cn1. The molecule has 1 aromatic heterocycles. The van der Waals surface area contributed by atoms with Crippen LogP contribution in [0.4, 0.5) is 5.82 Å². The summed E-state index contributed by atoms with van der Waals surface area (Å²) in [6, 6.07) is 9.70. The number of nitrogens with one attached hydrogen (secondary N) is 2. The minimum Gasteiger partial charge on any atom is -0.476 e. The molecule has 2 bridgehead atoms. The maximum Gasteiger partial charge on any atom is 0.263 e. The van der Waals surface area contributed by atoms with Gasteiger partial charge in [0.1, 0.15) is 11.6 Å². The number of pyridine rings is 1. The summed E-state index contributed by atoms with van der Waals surface area (Å²) in [4.78, 5) is 32.9. The van der Waals surface area contributed by atoms with Gasteiger partial charge in [-0.25, -0.2) is 4.98 Å². The van der Waals surface area contributed by atoms with Gasteiger partial charge < -0.3 is 20.3 Å². The molecule has 2 atom stereocenters. The predicted octanol–water partition coefficient (Wildman–Crippen LogP) is 5.49. The molecule has 0 saturated carbocycles. The number of nitrogens with zero attached hydrogens (tertiary/aromatic N) is 2. The molecule has 3 aliphatic heterocycles. The Kier molecular flexibility index (Phi) is 8.31. The number of fused-ring (bicyclic) bond motifs is 2. The molecule has 2 amide bonds. The van der Waals surface area contributed by atoms with Gasteiger partial charge in [-0.2, -0.15) is 11.8 Å². The first-order chi connectivity index (χ1) is 18.2. The lowest BCUT2D eigenvalue weighted by Crippen LogP contribution is -2.55. The van der Waals surface area contributed by atoms with Crippen LogP contribution in [0.2, 0.25) is 10.0 Å². The second kappa shape index (κ2) is 11.5. The summed E-state index contributed by atoms with van der Waals surface area (Å²) in [6.07, 6.45) is 7.52. The van der Waals surface area contributed by atoms with Crippen LogP contribution in [0.3, 0.4) is 0 Å². The molecule has 2 N–H and O–H groups in total. The summed E-state index contributed by atoms with van der Waals surface area (Å²) >= 11 is 14.2. The van der Waals surface area contributed by atoms with E-state index < -0.39 is 5.60 Å². The number of thioether (sulfide) groups is 1. The number of carbonyl (C=O) groups is 2. The number of carbonyl (C=O) groups excluding carboxylic acids is 2. The summed E-state index contributed by atoms with van der Waals surface area (Å²) in [5.41, 5.74) is -0.494. The lowest BCUT2D eigenvalue weighted by molar-refractivity contribution is -0.135. The van der Waals surface area contributed by atoms with Crippen molar-refractivity contribution in [1.29, 1.82) is 0 Å². The van der Waals surface area contributed by atoms with E-state index in [-0.39, 0.29) is 23.9 Å². The fraction of sp³-hybridized carbons (Fsp3) is 0.536. The molecule has 0 aliphatic carbocycles. The van der Waals surface area contributed by atoms with Crippen molar-refractivity contribution in [3.8, 4) is 5.75 Å². The average Bonchev–Trinajstić information content (AvgIpc) is 3.16. The second-order valence-corrected chi connectivity index (χ2v) is 13.0. The van der Waals surface area contributed by atoms with E-state index >= 15 is 0 Å². The van der Waals surface area contributed by atoms with Gasteiger partial charge in [-0.1, -0.05) is 23.2 Å². The Bertz CT molecular complexity index is 1160. The summed E-state index contributed by atoms with van der Waals surface area (Å²) in [7, 11) is 0. The molecule has 2 unspecified atom stereocenters. The Morgan fingerprint density at radius 2 is 1.71 bits per heavy atom. The van der Waals surface area contributed by atoms with E-state index in [1.54, 1.807) is 38.2 Å². The standard InChI is InChI=1S/C28H34Cl2N4O3S/c1-28(2,37-24-7-4-18(29)13-23(24)30)27(36)33-20-14-21-5-6-22(15-20)34(21)25-8-3-17(16-31-25)26(35)32-19-9-11-38-12-10-19/h3-4,7-8,13,16,19-22H,5-6,9-12,14-15H2,1-2H3,(H,32,35)(H,33,36). The maximum absolute atomic E-state index is 13.2. The lowest BCUT2D eigenvalue weighted by Gasteiger charge is -2.40. The third kappa shape index (κ3) is 6.18. The van der Waals surface area contributed by atoms with Crippen LogP contribution < -0.4 is 20.3 Å². The highest BCUT2D eigenvalue weighted by molar-refractivity contribution is 7.99. The molecule has 0 spiro atoms. The number of benzene rings is 1. The minimum atomic E-state index is -1.10. The van der Waals surface area contributed by atoms with Crippen molar-refractivity contribution in [3.05, 3.63) is 52.1 Å². The van der Waals surface area contributed by atoms with Crippen LogP contribution in [-0.2, 0) is 4.79 Å². The van der Waals surface area contributed by atoms with Crippen molar-refractivity contribution in [2.75, 3.05) is 16.4 Å². The van der Waals surface area contributed by atoms with Gasteiger partial charge in [0, 0.05) is 35.4 Å². The summed E-state index contributed by atoms with van der Waals surface area (Å²) < 4.78 is 5.97. The molecule has 5 rings (SSSR count). The van der Waals surface area contributed by atoms with Crippen LogP contribution in [0.15, 0.2) is 36.5 Å². The molecular weight excluding hydrogens is 543 g/mol. The number of anilines is 1. The van der Waals surface area contributed by atoms with E-state index in [0.29, 0.717) is 33.4 Å². The van der Waals surface area contributed by atoms with Crippen molar-refractivity contribution in [2.45, 2.75) is 82.1 Å². The van der Waals surface area contributed by atoms with Crippen molar-refractivity contribution in [1.82, 2.24) is 15.6 Å². The summed E-state index contributed by atoms with van der Waals surface area (Å²) in [5, 5.41) is 7.24. The molecular formula is C28H34Cl2N4O3S. The van der Waals surface area contributed by atoms with E-state index in [0.717, 1.165) is 55.8 Å². The smallest absolute Gasteiger partial charge is 0.263 e. The zero-order valence-electron chi connectivity index (χ0n) is 21.7. The fourth-order valence-electron chi connectivity index (χ4n) is 5.69. The molecule has 2 aromatic rings. The third-order valence-corrected chi connectivity index (χ3v) is 9.28. The van der Waals surface area contributed by atoms with E-state index in [4.69, 9.17) is 27.9 Å². The number of aromatic nitrogens is 1. The average molecular weight is 578 g/mol. The number of ether oxygens (including phenoxy) is 1. The fourth-order valence-corrected chi connectivity index (χ4v) is 7.24. The molecule has 3 saturated heterocycles. The van der Waals surface area contributed by atoms with Gasteiger partial charge in [-0.05, 0) is 94.2 Å². The van der Waals surface area contributed by atoms with Gasteiger partial charge in [-0.3, -0.25) is 9.59 Å². The van der Waals surface area contributed by atoms with Crippen LogP contribution in [0, 0.1) is 0 Å². The van der Waals surface area contributed by atoms with Crippen LogP contribution in [0.1, 0.15) is 62.7 Å². The molecule has 3 fully saturated rings. The minimum absolute atomic E-state index is 0.0462. The zero-order valence-corrected chi connectivity index (χ0v) is 24.0. The monoisotopic (exact) mass is 576 g/mol. The van der Waals surface area contributed by atoms with Gasteiger partial charge in [-0.15, -0.1) is 0 Å². The van der Waals surface area contributed by atoms with Crippen LogP contribution >= 0.6 is 35.0 Å². The lowest BCUT2D eigenvalue weighted by atomic mass is 9.96. The van der Waals surface area contributed by atoms with E-state index in [9.17, 15) is 9.59 Å². The van der Waals surface area contributed by atoms with Crippen molar-refractivity contribution < 1.29 is 14.3 Å². The largest absolute Gasteiger partial charge is 0.476 e. The zero-order chi connectivity index (χ0) is 26.9. The number of hydrogen-bond acceptors (Lipinski definition) is 6. The Morgan fingerprint density at radius 3 is 2.34 bits per heavy atom. The van der Waals surface area contributed by atoms with Crippen molar-refractivity contribution >= 4 is 52.6 Å². The molecule has 7 nitrogen and oxygen atoms in total. The van der Waals surface area contributed by atoms with E-state index in [2.05, 4.69) is 20.5 Å². The van der Waals surface area contributed by atoms with Gasteiger partial charge in [0.15, 0.2) is 5.60 Å². The van der Waals surface area contributed by atoms with Crippen LogP contribution in [0.25, 0.3) is 0 Å². The number of halogens is 2. The number of amides is 2. The normalized spacial score (nSPS) is 23.7. The maximum atomic E-state index is 13.2. The molecule has 38 heavy (non-hydrogen) atoms. The second-order valence-electron chi connectivity index (χ2n) is 10.9. The quantitative estimate of drug-likeness (QED) is 0.453. The van der Waals surface area contributed by atoms with E-state index in [1.165, 1.54) is 0 Å². The number of piperidine rings is 1. The Hall–Kier alpha value is -2.16. The topological polar surface area (TPSA) is 83.6 Å². The first-order valence-electron chi connectivity index (χ1n) is 13.3. The molecule has 3 aliphatic rings.